The Kier molecular flexibility index (Phi) is 2.98. The highest BCUT2D eigenvalue weighted by atomic mass is 35.5. The van der Waals surface area contributed by atoms with Crippen LogP contribution in [0.1, 0.15) is 19.4 Å². The van der Waals surface area contributed by atoms with E-state index in [9.17, 15) is 0 Å². The molecular formula is C12H15Cl2N. The SMILES string of the molecule is C[C@@H]1CNC[C@@]1(C)c1ccc(Cl)c(Cl)c1. The van der Waals surface area contributed by atoms with Crippen molar-refractivity contribution in [2.75, 3.05) is 13.1 Å². The lowest BCUT2D eigenvalue weighted by molar-refractivity contribution is 0.404. The number of nitrogens with one attached hydrogen (secondary N) is 1. The molecule has 0 radical (unpaired) electrons. The fourth-order valence-corrected chi connectivity index (χ4v) is 2.48. The summed E-state index contributed by atoms with van der Waals surface area (Å²) in [6.07, 6.45) is 0. The van der Waals surface area contributed by atoms with E-state index in [1.807, 2.05) is 12.1 Å². The summed E-state index contributed by atoms with van der Waals surface area (Å²) in [5.41, 5.74) is 1.45. The van der Waals surface area contributed by atoms with Gasteiger partial charge in [0.1, 0.15) is 0 Å². The summed E-state index contributed by atoms with van der Waals surface area (Å²) in [5.74, 6) is 0.620. The third kappa shape index (κ3) is 1.89. The first kappa shape index (κ1) is 11.3. The zero-order valence-electron chi connectivity index (χ0n) is 8.98. The molecule has 2 atom stereocenters. The molecule has 2 rings (SSSR count). The van der Waals surface area contributed by atoms with Crippen LogP contribution in [-0.2, 0) is 5.41 Å². The van der Waals surface area contributed by atoms with E-state index >= 15 is 0 Å². The van der Waals surface area contributed by atoms with Crippen LogP contribution in [0.15, 0.2) is 18.2 Å². The fraction of sp³-hybridized carbons (Fsp3) is 0.500. The average molecular weight is 244 g/mol. The van der Waals surface area contributed by atoms with Crippen LogP contribution in [-0.4, -0.2) is 13.1 Å². The molecule has 1 aliphatic rings. The van der Waals surface area contributed by atoms with Gasteiger partial charge < -0.3 is 5.32 Å². The molecule has 1 aromatic rings. The van der Waals surface area contributed by atoms with Gasteiger partial charge in [-0.25, -0.2) is 0 Å². The van der Waals surface area contributed by atoms with Crippen LogP contribution in [0.4, 0.5) is 0 Å². The third-order valence-corrected chi connectivity index (χ3v) is 4.35. The van der Waals surface area contributed by atoms with Crippen molar-refractivity contribution in [2.24, 2.45) is 5.92 Å². The van der Waals surface area contributed by atoms with E-state index in [0.717, 1.165) is 13.1 Å². The Balaban J connectivity index is 2.40. The molecule has 1 saturated heterocycles. The summed E-state index contributed by atoms with van der Waals surface area (Å²) in [5, 5.41) is 4.69. The van der Waals surface area contributed by atoms with Gasteiger partial charge in [0.25, 0.3) is 0 Å². The molecule has 0 unspecified atom stereocenters. The molecule has 0 aliphatic carbocycles. The summed E-state index contributed by atoms with van der Waals surface area (Å²) in [6, 6.07) is 5.96. The quantitative estimate of drug-likeness (QED) is 0.797. The lowest BCUT2D eigenvalue weighted by Crippen LogP contribution is -2.29. The van der Waals surface area contributed by atoms with Crippen molar-refractivity contribution in [2.45, 2.75) is 19.3 Å². The van der Waals surface area contributed by atoms with E-state index in [4.69, 9.17) is 23.2 Å². The molecule has 0 spiro atoms. The standard InChI is InChI=1S/C12H15Cl2N/c1-8-6-15-7-12(8,2)9-3-4-10(13)11(14)5-9/h3-5,8,15H,6-7H2,1-2H3/t8-,12-/m1/s1. The van der Waals surface area contributed by atoms with Gasteiger partial charge in [0.15, 0.2) is 0 Å². The highest BCUT2D eigenvalue weighted by molar-refractivity contribution is 6.42. The second-order valence-electron chi connectivity index (χ2n) is 4.58. The van der Waals surface area contributed by atoms with Gasteiger partial charge in [-0.3, -0.25) is 0 Å². The Morgan fingerprint density at radius 3 is 2.60 bits per heavy atom. The predicted molar refractivity (Wildman–Crippen MR) is 65.8 cm³/mol. The highest BCUT2D eigenvalue weighted by Gasteiger charge is 2.37. The van der Waals surface area contributed by atoms with Crippen molar-refractivity contribution < 1.29 is 0 Å². The molecule has 1 aromatic carbocycles. The molecule has 1 N–H and O–H groups in total. The molecule has 0 amide bonds. The molecule has 0 bridgehead atoms. The first-order valence-electron chi connectivity index (χ1n) is 5.20. The Labute approximate surface area is 101 Å². The van der Waals surface area contributed by atoms with Gasteiger partial charge in [-0.2, -0.15) is 0 Å². The number of hydrogen-bond donors (Lipinski definition) is 1. The van der Waals surface area contributed by atoms with Gasteiger partial charge in [-0.15, -0.1) is 0 Å². The normalized spacial score (nSPS) is 30.8. The molecule has 0 saturated carbocycles. The van der Waals surface area contributed by atoms with Crippen LogP contribution in [0, 0.1) is 5.92 Å². The third-order valence-electron chi connectivity index (χ3n) is 3.61. The number of rotatable bonds is 1. The van der Waals surface area contributed by atoms with Crippen LogP contribution in [0.25, 0.3) is 0 Å². The zero-order chi connectivity index (χ0) is 11.1. The molecule has 1 heterocycles. The molecule has 1 fully saturated rings. The first-order valence-corrected chi connectivity index (χ1v) is 5.96. The number of benzene rings is 1. The average Bonchev–Trinajstić information content (AvgIpc) is 2.53. The van der Waals surface area contributed by atoms with Crippen LogP contribution < -0.4 is 5.32 Å². The summed E-state index contributed by atoms with van der Waals surface area (Å²) in [7, 11) is 0. The summed E-state index contributed by atoms with van der Waals surface area (Å²) >= 11 is 12.0. The van der Waals surface area contributed by atoms with Crippen LogP contribution >= 0.6 is 23.2 Å². The highest BCUT2D eigenvalue weighted by Crippen LogP contribution is 2.37. The maximum absolute atomic E-state index is 6.05. The smallest absolute Gasteiger partial charge is 0.0595 e. The maximum Gasteiger partial charge on any atom is 0.0595 e. The van der Waals surface area contributed by atoms with Gasteiger partial charge in [-0.1, -0.05) is 43.1 Å². The molecule has 82 valence electrons. The van der Waals surface area contributed by atoms with Crippen molar-refractivity contribution in [3.05, 3.63) is 33.8 Å². The topological polar surface area (TPSA) is 12.0 Å². The Morgan fingerprint density at radius 2 is 2.07 bits per heavy atom. The fourth-order valence-electron chi connectivity index (χ4n) is 2.19. The van der Waals surface area contributed by atoms with Crippen molar-refractivity contribution in [1.82, 2.24) is 5.32 Å². The van der Waals surface area contributed by atoms with Crippen molar-refractivity contribution in [1.29, 1.82) is 0 Å². The van der Waals surface area contributed by atoms with Gasteiger partial charge >= 0.3 is 0 Å². The Morgan fingerprint density at radius 1 is 1.33 bits per heavy atom. The molecule has 15 heavy (non-hydrogen) atoms. The molecule has 3 heteroatoms. The minimum atomic E-state index is 0.175. The largest absolute Gasteiger partial charge is 0.316 e. The molecule has 1 nitrogen and oxygen atoms in total. The predicted octanol–water partition coefficient (Wildman–Crippen LogP) is 3.49. The Bertz CT molecular complexity index is 378. The molecule has 1 aliphatic heterocycles. The Hall–Kier alpha value is -0.240. The van der Waals surface area contributed by atoms with Crippen molar-refractivity contribution in [3.8, 4) is 0 Å². The van der Waals surface area contributed by atoms with Crippen LogP contribution in [0.2, 0.25) is 10.0 Å². The molecule has 0 aromatic heterocycles. The lowest BCUT2D eigenvalue weighted by atomic mass is 9.75. The zero-order valence-corrected chi connectivity index (χ0v) is 10.5. The van der Waals surface area contributed by atoms with E-state index < -0.39 is 0 Å². The van der Waals surface area contributed by atoms with E-state index in [1.54, 1.807) is 0 Å². The monoisotopic (exact) mass is 243 g/mol. The van der Waals surface area contributed by atoms with Gasteiger partial charge in [0, 0.05) is 12.0 Å². The van der Waals surface area contributed by atoms with E-state index in [1.165, 1.54) is 5.56 Å². The minimum absolute atomic E-state index is 0.175. The second-order valence-corrected chi connectivity index (χ2v) is 5.39. The van der Waals surface area contributed by atoms with Gasteiger partial charge in [-0.05, 0) is 30.2 Å². The van der Waals surface area contributed by atoms with Gasteiger partial charge in [0.05, 0.1) is 10.0 Å². The minimum Gasteiger partial charge on any atom is -0.316 e. The van der Waals surface area contributed by atoms with E-state index in [0.29, 0.717) is 16.0 Å². The van der Waals surface area contributed by atoms with Gasteiger partial charge in [0.2, 0.25) is 0 Å². The van der Waals surface area contributed by atoms with E-state index in [-0.39, 0.29) is 5.41 Å². The second kappa shape index (κ2) is 3.97. The number of halogens is 2. The first-order chi connectivity index (χ1) is 7.04. The maximum atomic E-state index is 6.05. The number of hydrogen-bond acceptors (Lipinski definition) is 1. The van der Waals surface area contributed by atoms with E-state index in [2.05, 4.69) is 25.2 Å². The van der Waals surface area contributed by atoms with Crippen molar-refractivity contribution in [3.63, 3.8) is 0 Å². The van der Waals surface area contributed by atoms with Crippen LogP contribution in [0.3, 0.4) is 0 Å². The summed E-state index contributed by atoms with van der Waals surface area (Å²) in [4.78, 5) is 0. The summed E-state index contributed by atoms with van der Waals surface area (Å²) < 4.78 is 0. The lowest BCUT2D eigenvalue weighted by Gasteiger charge is -2.29. The van der Waals surface area contributed by atoms with Crippen molar-refractivity contribution >= 4 is 23.2 Å². The van der Waals surface area contributed by atoms with Crippen LogP contribution in [0.5, 0.6) is 0 Å². The summed E-state index contributed by atoms with van der Waals surface area (Å²) in [6.45, 7) is 6.61. The molecular weight excluding hydrogens is 229 g/mol.